The monoisotopic (exact) mass is 274 g/mol. The maximum Gasteiger partial charge on any atom is 0.172 e. The third-order valence-corrected chi connectivity index (χ3v) is 2.52. The molecule has 0 atom stereocenters. The highest BCUT2D eigenvalue weighted by Gasteiger charge is 2.08. The fourth-order valence-corrected chi connectivity index (χ4v) is 1.25. The van der Waals surface area contributed by atoms with Crippen molar-refractivity contribution >= 4 is 21.7 Å². The van der Waals surface area contributed by atoms with Crippen LogP contribution in [0, 0.1) is 11.7 Å². The Labute approximate surface area is 96.6 Å². The molecule has 0 aliphatic rings. The van der Waals surface area contributed by atoms with Crippen LogP contribution in [0.15, 0.2) is 22.7 Å². The first-order valence-corrected chi connectivity index (χ1v) is 5.40. The Morgan fingerprint density at radius 2 is 2.20 bits per heavy atom. The number of carbonyl (C=O) groups excluding carboxylic acids is 1. The number of carbonyl (C=O) groups is 1. The third-order valence-electron chi connectivity index (χ3n) is 1.92. The van der Waals surface area contributed by atoms with Crippen molar-refractivity contribution in [2.75, 3.05) is 6.61 Å². The van der Waals surface area contributed by atoms with Gasteiger partial charge in [0, 0.05) is 5.92 Å². The Kier molecular flexibility index (Phi) is 4.27. The zero-order valence-electron chi connectivity index (χ0n) is 8.59. The minimum Gasteiger partial charge on any atom is -0.486 e. The van der Waals surface area contributed by atoms with Gasteiger partial charge in [0.1, 0.15) is 18.2 Å². The van der Waals surface area contributed by atoms with E-state index in [-0.39, 0.29) is 24.1 Å². The fourth-order valence-electron chi connectivity index (χ4n) is 0.888. The lowest BCUT2D eigenvalue weighted by Gasteiger charge is -2.07. The normalized spacial score (nSPS) is 10.5. The second kappa shape index (κ2) is 5.26. The van der Waals surface area contributed by atoms with E-state index in [4.69, 9.17) is 4.74 Å². The van der Waals surface area contributed by atoms with E-state index >= 15 is 0 Å². The topological polar surface area (TPSA) is 26.3 Å². The number of hydrogen-bond donors (Lipinski definition) is 0. The number of ketones is 1. The van der Waals surface area contributed by atoms with Crippen molar-refractivity contribution in [1.29, 1.82) is 0 Å². The Balaban J connectivity index is 2.58. The maximum absolute atomic E-state index is 12.9. The van der Waals surface area contributed by atoms with Crippen molar-refractivity contribution in [2.24, 2.45) is 5.92 Å². The number of Topliss-reactive ketones (excluding diaryl/α,β-unsaturated/α-hetero) is 1. The van der Waals surface area contributed by atoms with Crippen LogP contribution in [-0.2, 0) is 4.79 Å². The summed E-state index contributed by atoms with van der Waals surface area (Å²) in [6.45, 7) is 3.65. The van der Waals surface area contributed by atoms with Gasteiger partial charge in [-0.3, -0.25) is 4.79 Å². The van der Waals surface area contributed by atoms with E-state index in [1.54, 1.807) is 0 Å². The summed E-state index contributed by atoms with van der Waals surface area (Å²) in [5.74, 6) is 0.110. The first-order valence-electron chi connectivity index (χ1n) is 4.61. The predicted molar refractivity (Wildman–Crippen MR) is 59.4 cm³/mol. The molecule has 0 saturated heterocycles. The lowest BCUT2D eigenvalue weighted by atomic mass is 10.1. The van der Waals surface area contributed by atoms with Crippen LogP contribution < -0.4 is 4.74 Å². The molecule has 1 rings (SSSR count). The van der Waals surface area contributed by atoms with E-state index in [2.05, 4.69) is 15.9 Å². The Bertz CT molecular complexity index is 364. The molecular weight excluding hydrogens is 263 g/mol. The van der Waals surface area contributed by atoms with Crippen LogP contribution in [-0.4, -0.2) is 12.4 Å². The lowest BCUT2D eigenvalue weighted by Crippen LogP contribution is -2.16. The highest BCUT2D eigenvalue weighted by Crippen LogP contribution is 2.21. The van der Waals surface area contributed by atoms with Crippen LogP contribution in [0.5, 0.6) is 5.75 Å². The molecular formula is C11H12BrFO2. The molecule has 82 valence electrons. The summed E-state index contributed by atoms with van der Waals surface area (Å²) >= 11 is 3.04. The van der Waals surface area contributed by atoms with E-state index in [0.717, 1.165) is 0 Å². The zero-order valence-corrected chi connectivity index (χ0v) is 10.2. The van der Waals surface area contributed by atoms with Crippen molar-refractivity contribution < 1.29 is 13.9 Å². The molecule has 0 heterocycles. The summed E-state index contributed by atoms with van der Waals surface area (Å²) in [6, 6.07) is 4.29. The number of benzene rings is 1. The molecule has 0 fully saturated rings. The van der Waals surface area contributed by atoms with Crippen molar-refractivity contribution in [2.45, 2.75) is 13.8 Å². The minimum absolute atomic E-state index is 0.0236. The predicted octanol–water partition coefficient (Wildman–Crippen LogP) is 3.19. The van der Waals surface area contributed by atoms with Crippen LogP contribution in [0.1, 0.15) is 13.8 Å². The van der Waals surface area contributed by atoms with Crippen LogP contribution in [0.25, 0.3) is 0 Å². The molecule has 0 N–H and O–H groups in total. The molecule has 4 heteroatoms. The molecule has 0 bridgehead atoms. The second-order valence-electron chi connectivity index (χ2n) is 3.49. The Hall–Kier alpha value is -0.900. The number of hydrogen-bond acceptors (Lipinski definition) is 2. The summed E-state index contributed by atoms with van der Waals surface area (Å²) in [5, 5.41) is 0. The van der Waals surface area contributed by atoms with E-state index in [1.165, 1.54) is 18.2 Å². The third kappa shape index (κ3) is 3.63. The van der Waals surface area contributed by atoms with Crippen molar-refractivity contribution in [3.63, 3.8) is 0 Å². The first kappa shape index (κ1) is 12.2. The zero-order chi connectivity index (χ0) is 11.4. The molecule has 0 spiro atoms. The Morgan fingerprint density at radius 3 is 2.73 bits per heavy atom. The molecule has 1 aromatic carbocycles. The van der Waals surface area contributed by atoms with Crippen molar-refractivity contribution in [3.05, 3.63) is 28.5 Å². The molecule has 2 nitrogen and oxygen atoms in total. The van der Waals surface area contributed by atoms with Gasteiger partial charge in [-0.05, 0) is 34.1 Å². The first-order chi connectivity index (χ1) is 7.00. The van der Waals surface area contributed by atoms with Gasteiger partial charge in [-0.15, -0.1) is 0 Å². The van der Waals surface area contributed by atoms with Gasteiger partial charge in [0.05, 0.1) is 4.47 Å². The molecule has 0 aliphatic heterocycles. The van der Waals surface area contributed by atoms with Gasteiger partial charge in [-0.1, -0.05) is 13.8 Å². The summed E-state index contributed by atoms with van der Waals surface area (Å²) in [7, 11) is 0. The molecule has 15 heavy (non-hydrogen) atoms. The average molecular weight is 275 g/mol. The lowest BCUT2D eigenvalue weighted by molar-refractivity contribution is -0.123. The summed E-state index contributed by atoms with van der Waals surface area (Å²) in [6.07, 6.45) is 0. The highest BCUT2D eigenvalue weighted by atomic mass is 79.9. The quantitative estimate of drug-likeness (QED) is 0.843. The average Bonchev–Trinajstić information content (AvgIpc) is 2.19. The number of rotatable bonds is 4. The van der Waals surface area contributed by atoms with E-state index < -0.39 is 0 Å². The maximum atomic E-state index is 12.9. The van der Waals surface area contributed by atoms with Gasteiger partial charge in [0.2, 0.25) is 0 Å². The molecule has 0 aliphatic carbocycles. The van der Waals surface area contributed by atoms with Crippen LogP contribution in [0.3, 0.4) is 0 Å². The van der Waals surface area contributed by atoms with Crippen molar-refractivity contribution in [1.82, 2.24) is 0 Å². The van der Waals surface area contributed by atoms with Gasteiger partial charge < -0.3 is 4.74 Å². The van der Waals surface area contributed by atoms with Crippen molar-refractivity contribution in [3.8, 4) is 5.75 Å². The SMILES string of the molecule is CC(C)C(=O)COc1ccc(F)c(Br)c1. The van der Waals surface area contributed by atoms with Crippen LogP contribution >= 0.6 is 15.9 Å². The molecule has 0 radical (unpaired) electrons. The number of ether oxygens (including phenoxy) is 1. The Morgan fingerprint density at radius 1 is 1.53 bits per heavy atom. The standard InChI is InChI=1S/C11H12BrFO2/c1-7(2)11(14)6-15-8-3-4-10(13)9(12)5-8/h3-5,7H,6H2,1-2H3. The van der Waals surface area contributed by atoms with Gasteiger partial charge in [0.25, 0.3) is 0 Å². The highest BCUT2D eigenvalue weighted by molar-refractivity contribution is 9.10. The van der Waals surface area contributed by atoms with Gasteiger partial charge in [-0.25, -0.2) is 4.39 Å². The summed E-state index contributed by atoms with van der Waals surface area (Å²) in [5.41, 5.74) is 0. The second-order valence-corrected chi connectivity index (χ2v) is 4.34. The van der Waals surface area contributed by atoms with E-state index in [9.17, 15) is 9.18 Å². The smallest absolute Gasteiger partial charge is 0.172 e. The molecule has 0 unspecified atom stereocenters. The van der Waals surface area contributed by atoms with Crippen LogP contribution in [0.2, 0.25) is 0 Å². The summed E-state index contributed by atoms with van der Waals surface area (Å²) in [4.78, 5) is 11.3. The molecule has 1 aromatic rings. The van der Waals surface area contributed by atoms with Gasteiger partial charge in [-0.2, -0.15) is 0 Å². The molecule has 0 amide bonds. The fraction of sp³-hybridized carbons (Fsp3) is 0.364. The van der Waals surface area contributed by atoms with Gasteiger partial charge >= 0.3 is 0 Å². The minimum atomic E-state index is -0.350. The largest absolute Gasteiger partial charge is 0.486 e. The van der Waals surface area contributed by atoms with Crippen LogP contribution in [0.4, 0.5) is 4.39 Å². The van der Waals surface area contributed by atoms with E-state index in [1.807, 2.05) is 13.8 Å². The molecule has 0 aromatic heterocycles. The van der Waals surface area contributed by atoms with Gasteiger partial charge in [0.15, 0.2) is 5.78 Å². The summed E-state index contributed by atoms with van der Waals surface area (Å²) < 4.78 is 18.4. The number of halogens is 2. The van der Waals surface area contributed by atoms with E-state index in [0.29, 0.717) is 10.2 Å². The molecule has 0 saturated carbocycles.